The molecule has 1 aliphatic rings. The lowest BCUT2D eigenvalue weighted by atomic mass is 9.98. The minimum atomic E-state index is -0.887. The lowest BCUT2D eigenvalue weighted by Gasteiger charge is -2.23. The molecule has 0 radical (unpaired) electrons. The summed E-state index contributed by atoms with van der Waals surface area (Å²) in [5.74, 6) is -0.896. The Labute approximate surface area is 154 Å². The van der Waals surface area contributed by atoms with Gasteiger partial charge in [-0.05, 0) is 29.8 Å². The van der Waals surface area contributed by atoms with Gasteiger partial charge >= 0.3 is 5.97 Å². The lowest BCUT2D eigenvalue weighted by molar-refractivity contribution is -0.125. The summed E-state index contributed by atoms with van der Waals surface area (Å²) in [6, 6.07) is 17.1. The Morgan fingerprint density at radius 2 is 1.93 bits per heavy atom. The Morgan fingerprint density at radius 1 is 1.07 bits per heavy atom. The van der Waals surface area contributed by atoms with Crippen LogP contribution in [0.2, 0.25) is 0 Å². The maximum atomic E-state index is 12.6. The van der Waals surface area contributed by atoms with E-state index in [0.29, 0.717) is 23.4 Å². The SMILES string of the molecule is O=C1OC(C(=O)Nc2cccc(-c3ccc(=O)[nH]n3)c2)Cc2ccccc21. The standard InChI is InChI=1S/C20H15N3O4/c24-18-9-8-16(22-23-18)13-5-3-6-14(10-13)21-19(25)17-11-12-4-1-2-7-15(12)20(26)27-17/h1-10,17H,11H2,(H,21,25)(H,23,24). The third kappa shape index (κ3) is 3.48. The number of aromatic nitrogens is 2. The van der Waals surface area contributed by atoms with Crippen LogP contribution in [0.5, 0.6) is 0 Å². The van der Waals surface area contributed by atoms with Crippen LogP contribution in [0.4, 0.5) is 5.69 Å². The fraction of sp³-hybridized carbons (Fsp3) is 0.100. The second-order valence-electron chi connectivity index (χ2n) is 6.13. The number of fused-ring (bicyclic) bond motifs is 1. The van der Waals surface area contributed by atoms with E-state index < -0.39 is 18.0 Å². The predicted octanol–water partition coefficient (Wildman–Crippen LogP) is 2.16. The molecule has 2 aromatic carbocycles. The quantitative estimate of drug-likeness (QED) is 0.696. The summed E-state index contributed by atoms with van der Waals surface area (Å²) in [6.07, 6.45) is -0.559. The highest BCUT2D eigenvalue weighted by Gasteiger charge is 2.31. The van der Waals surface area contributed by atoms with Crippen molar-refractivity contribution >= 4 is 17.6 Å². The summed E-state index contributed by atoms with van der Waals surface area (Å²) in [5, 5.41) is 9.12. The summed E-state index contributed by atoms with van der Waals surface area (Å²) in [4.78, 5) is 35.8. The number of hydrogen-bond acceptors (Lipinski definition) is 5. The van der Waals surface area contributed by atoms with Gasteiger partial charge in [-0.25, -0.2) is 9.89 Å². The number of carbonyl (C=O) groups is 2. The summed E-state index contributed by atoms with van der Waals surface area (Å²) in [6.45, 7) is 0. The highest BCUT2D eigenvalue weighted by atomic mass is 16.5. The molecule has 0 spiro atoms. The van der Waals surface area contributed by atoms with Crippen LogP contribution in [0.1, 0.15) is 15.9 Å². The molecule has 0 aliphatic carbocycles. The van der Waals surface area contributed by atoms with Crippen LogP contribution in [-0.2, 0) is 16.0 Å². The number of rotatable bonds is 3. The first kappa shape index (κ1) is 16.7. The monoisotopic (exact) mass is 361 g/mol. The summed E-state index contributed by atoms with van der Waals surface area (Å²) in [5.41, 5.74) is 2.84. The van der Waals surface area contributed by atoms with Gasteiger partial charge in [-0.1, -0.05) is 30.3 Å². The molecule has 1 atom stereocenters. The lowest BCUT2D eigenvalue weighted by Crippen LogP contribution is -2.37. The van der Waals surface area contributed by atoms with E-state index in [4.69, 9.17) is 4.74 Å². The number of hydrogen-bond donors (Lipinski definition) is 2. The number of H-pyrrole nitrogens is 1. The molecule has 7 heteroatoms. The van der Waals surface area contributed by atoms with Gasteiger partial charge in [0.1, 0.15) is 0 Å². The van der Waals surface area contributed by atoms with Gasteiger partial charge in [0.05, 0.1) is 11.3 Å². The molecular weight excluding hydrogens is 346 g/mol. The van der Waals surface area contributed by atoms with Crippen molar-refractivity contribution in [2.24, 2.45) is 0 Å². The molecule has 134 valence electrons. The van der Waals surface area contributed by atoms with E-state index in [1.165, 1.54) is 6.07 Å². The number of ether oxygens (including phenoxy) is 1. The van der Waals surface area contributed by atoms with Gasteiger partial charge in [-0.2, -0.15) is 5.10 Å². The smallest absolute Gasteiger partial charge is 0.339 e. The van der Waals surface area contributed by atoms with Crippen molar-refractivity contribution < 1.29 is 14.3 Å². The van der Waals surface area contributed by atoms with Crippen molar-refractivity contribution in [3.05, 3.63) is 82.1 Å². The van der Waals surface area contributed by atoms with Gasteiger partial charge < -0.3 is 10.1 Å². The minimum Gasteiger partial charge on any atom is -0.448 e. The zero-order valence-corrected chi connectivity index (χ0v) is 14.1. The van der Waals surface area contributed by atoms with Crippen LogP contribution >= 0.6 is 0 Å². The molecule has 0 fully saturated rings. The highest BCUT2D eigenvalue weighted by Crippen LogP contribution is 2.23. The number of amides is 1. The van der Waals surface area contributed by atoms with Gasteiger partial charge in [0, 0.05) is 23.7 Å². The average molecular weight is 361 g/mol. The first-order valence-electron chi connectivity index (χ1n) is 8.36. The summed E-state index contributed by atoms with van der Waals surface area (Å²) < 4.78 is 5.27. The number of carbonyl (C=O) groups excluding carboxylic acids is 2. The molecule has 1 aromatic heterocycles. The summed E-state index contributed by atoms with van der Waals surface area (Å²) in [7, 11) is 0. The van der Waals surface area contributed by atoms with Crippen molar-refractivity contribution in [1.29, 1.82) is 0 Å². The number of nitrogens with one attached hydrogen (secondary N) is 2. The highest BCUT2D eigenvalue weighted by molar-refractivity contribution is 6.00. The molecule has 27 heavy (non-hydrogen) atoms. The van der Waals surface area contributed by atoms with Crippen LogP contribution < -0.4 is 10.9 Å². The Morgan fingerprint density at radius 3 is 2.74 bits per heavy atom. The molecule has 1 amide bonds. The van der Waals surface area contributed by atoms with Crippen molar-refractivity contribution in [2.45, 2.75) is 12.5 Å². The third-order valence-electron chi connectivity index (χ3n) is 4.29. The predicted molar refractivity (Wildman–Crippen MR) is 98.3 cm³/mol. The molecule has 2 N–H and O–H groups in total. The zero-order valence-electron chi connectivity index (χ0n) is 14.1. The number of esters is 1. The van der Waals surface area contributed by atoms with E-state index in [1.54, 1.807) is 36.4 Å². The van der Waals surface area contributed by atoms with Gasteiger partial charge in [-0.15, -0.1) is 0 Å². The first-order chi connectivity index (χ1) is 13.1. The van der Waals surface area contributed by atoms with Gasteiger partial charge in [0.2, 0.25) is 0 Å². The maximum Gasteiger partial charge on any atom is 0.339 e. The van der Waals surface area contributed by atoms with Crippen LogP contribution in [0.25, 0.3) is 11.3 Å². The van der Waals surface area contributed by atoms with E-state index in [1.807, 2.05) is 18.2 Å². The molecule has 0 saturated carbocycles. The van der Waals surface area contributed by atoms with Crippen molar-refractivity contribution in [1.82, 2.24) is 10.2 Å². The average Bonchev–Trinajstić information content (AvgIpc) is 2.69. The molecule has 2 heterocycles. The first-order valence-corrected chi connectivity index (χ1v) is 8.36. The summed E-state index contributed by atoms with van der Waals surface area (Å²) >= 11 is 0. The topological polar surface area (TPSA) is 101 Å². The molecule has 4 rings (SSSR count). The zero-order chi connectivity index (χ0) is 18.8. The third-order valence-corrected chi connectivity index (χ3v) is 4.29. The largest absolute Gasteiger partial charge is 0.448 e. The molecule has 3 aromatic rings. The van der Waals surface area contributed by atoms with E-state index in [9.17, 15) is 14.4 Å². The Bertz CT molecular complexity index is 1070. The van der Waals surface area contributed by atoms with Crippen LogP contribution in [0.15, 0.2) is 65.5 Å². The molecule has 7 nitrogen and oxygen atoms in total. The maximum absolute atomic E-state index is 12.6. The van der Waals surface area contributed by atoms with E-state index in [-0.39, 0.29) is 5.56 Å². The number of nitrogens with zero attached hydrogens (tertiary/aromatic N) is 1. The van der Waals surface area contributed by atoms with Crippen molar-refractivity contribution in [3.8, 4) is 11.3 Å². The van der Waals surface area contributed by atoms with E-state index in [2.05, 4.69) is 15.5 Å². The van der Waals surface area contributed by atoms with Gasteiger partial charge in [0.25, 0.3) is 11.5 Å². The molecule has 0 saturated heterocycles. The number of cyclic esters (lactones) is 1. The number of anilines is 1. The fourth-order valence-electron chi connectivity index (χ4n) is 2.96. The van der Waals surface area contributed by atoms with Crippen LogP contribution in [0, 0.1) is 0 Å². The Kier molecular flexibility index (Phi) is 4.25. The Hall–Kier alpha value is -3.74. The second kappa shape index (κ2) is 6.87. The normalized spacial score (nSPS) is 15.6. The van der Waals surface area contributed by atoms with Gasteiger partial charge in [0.15, 0.2) is 6.10 Å². The minimum absolute atomic E-state index is 0.289. The van der Waals surface area contributed by atoms with Crippen molar-refractivity contribution in [3.63, 3.8) is 0 Å². The second-order valence-corrected chi connectivity index (χ2v) is 6.13. The number of benzene rings is 2. The number of aromatic amines is 1. The van der Waals surface area contributed by atoms with E-state index >= 15 is 0 Å². The van der Waals surface area contributed by atoms with Crippen LogP contribution in [0.3, 0.4) is 0 Å². The fourth-order valence-corrected chi connectivity index (χ4v) is 2.96. The van der Waals surface area contributed by atoms with E-state index in [0.717, 1.165) is 11.1 Å². The van der Waals surface area contributed by atoms with Crippen LogP contribution in [-0.4, -0.2) is 28.2 Å². The Balaban J connectivity index is 1.52. The molecular formula is C20H15N3O4. The van der Waals surface area contributed by atoms with Crippen molar-refractivity contribution in [2.75, 3.05) is 5.32 Å². The van der Waals surface area contributed by atoms with Gasteiger partial charge in [-0.3, -0.25) is 9.59 Å². The molecule has 1 aliphatic heterocycles. The molecule has 0 bridgehead atoms. The molecule has 1 unspecified atom stereocenters.